The summed E-state index contributed by atoms with van der Waals surface area (Å²) < 4.78 is 44.0. The van der Waals surface area contributed by atoms with Crippen molar-refractivity contribution in [3.8, 4) is 22.9 Å². The molecule has 0 bridgehead atoms. The number of amides is 1. The molecule has 1 amide bonds. The average molecular weight is 774 g/mol. The highest BCUT2D eigenvalue weighted by molar-refractivity contribution is 14.1. The van der Waals surface area contributed by atoms with Crippen molar-refractivity contribution >= 4 is 51.0 Å². The molecule has 13 heteroatoms. The largest absolute Gasteiger partial charge is 0.497 e. The van der Waals surface area contributed by atoms with Gasteiger partial charge in [0.05, 0.1) is 19.0 Å². The monoisotopic (exact) mass is 773 g/mol. The van der Waals surface area contributed by atoms with Gasteiger partial charge in [-0.3, -0.25) is 19.0 Å². The molecule has 7 rings (SSSR count). The Hall–Kier alpha value is -5.44. The summed E-state index contributed by atoms with van der Waals surface area (Å²) in [4.78, 5) is 44.4. The summed E-state index contributed by atoms with van der Waals surface area (Å²) in [6.07, 6.45) is 2.81. The summed E-state index contributed by atoms with van der Waals surface area (Å²) >= 11 is 2.08. The highest BCUT2D eigenvalue weighted by atomic mass is 127. The van der Waals surface area contributed by atoms with Gasteiger partial charge in [-0.05, 0) is 95.6 Å². The Morgan fingerprint density at radius 1 is 0.959 bits per heavy atom. The number of Topliss-reactive ketones (excluding diaryl/α,β-unsaturated/α-hetero) is 1. The number of anilines is 1. The Morgan fingerprint density at radius 2 is 1.73 bits per heavy atom. The van der Waals surface area contributed by atoms with Gasteiger partial charge in [-0.15, -0.1) is 0 Å². The lowest BCUT2D eigenvalue weighted by Crippen LogP contribution is -2.33. The molecule has 1 N–H and O–H groups in total. The molecule has 0 spiro atoms. The van der Waals surface area contributed by atoms with Crippen LogP contribution in [0.1, 0.15) is 44.8 Å². The number of ether oxygens (including phenoxy) is 2. The fraction of sp³-hybridized carbons (Fsp3) is 0.139. The number of carbonyl (C=O) groups is 2. The molecule has 246 valence electrons. The van der Waals surface area contributed by atoms with Crippen LogP contribution >= 0.6 is 22.6 Å². The minimum atomic E-state index is -0.829. The summed E-state index contributed by atoms with van der Waals surface area (Å²) in [5.41, 5.74) is 1.65. The minimum Gasteiger partial charge on any atom is -0.497 e. The van der Waals surface area contributed by atoms with E-state index in [1.807, 2.05) is 24.3 Å². The van der Waals surface area contributed by atoms with Gasteiger partial charge >= 0.3 is 0 Å². The van der Waals surface area contributed by atoms with E-state index in [-0.39, 0.29) is 34.8 Å². The van der Waals surface area contributed by atoms with E-state index in [4.69, 9.17) is 9.47 Å². The van der Waals surface area contributed by atoms with Crippen LogP contribution in [0.15, 0.2) is 89.9 Å². The maximum absolute atomic E-state index is 15.5. The van der Waals surface area contributed by atoms with Crippen LogP contribution in [-0.4, -0.2) is 38.1 Å². The number of ketones is 1. The number of benzene rings is 3. The molecular formula is C36H26F2IN5O5. The van der Waals surface area contributed by atoms with E-state index in [0.29, 0.717) is 51.3 Å². The molecule has 10 nitrogen and oxygen atoms in total. The molecule has 3 aromatic heterocycles. The summed E-state index contributed by atoms with van der Waals surface area (Å²) in [6, 6.07) is 19.6. The molecule has 3 aromatic carbocycles. The molecule has 0 radical (unpaired) electrons. The van der Waals surface area contributed by atoms with E-state index in [1.54, 1.807) is 24.1 Å². The molecule has 0 fully saturated rings. The van der Waals surface area contributed by atoms with E-state index >= 15 is 4.39 Å². The SMILES string of the molecule is COc1ccc(Cn2nc(I)c3c(Oc4ccc(NC(=O)c5cc6c(n(-c7ccc(F)cc7)c5=O)CCCC6=O)cc4F)ccnc32)cc1. The van der Waals surface area contributed by atoms with Crippen LogP contribution in [0.3, 0.4) is 0 Å². The molecule has 0 unspecified atom stereocenters. The zero-order valence-corrected chi connectivity index (χ0v) is 28.0. The molecule has 49 heavy (non-hydrogen) atoms. The number of halogens is 3. The third kappa shape index (κ3) is 6.28. The minimum absolute atomic E-state index is 0.0633. The van der Waals surface area contributed by atoms with Crippen molar-refractivity contribution in [3.05, 3.63) is 133 Å². The van der Waals surface area contributed by atoms with Crippen LogP contribution in [0.25, 0.3) is 16.7 Å². The van der Waals surface area contributed by atoms with Gasteiger partial charge in [0.25, 0.3) is 11.5 Å². The van der Waals surface area contributed by atoms with E-state index in [1.165, 1.54) is 47.0 Å². The van der Waals surface area contributed by atoms with Crippen LogP contribution in [0.2, 0.25) is 0 Å². The summed E-state index contributed by atoms with van der Waals surface area (Å²) in [7, 11) is 1.60. The summed E-state index contributed by atoms with van der Waals surface area (Å²) in [6.45, 7) is 0.441. The number of fused-ring (bicyclic) bond motifs is 2. The van der Waals surface area contributed by atoms with Gasteiger partial charge in [0.2, 0.25) is 0 Å². The number of nitrogens with zero attached hydrogens (tertiary/aromatic N) is 4. The van der Waals surface area contributed by atoms with Crippen molar-refractivity contribution in [1.82, 2.24) is 19.3 Å². The van der Waals surface area contributed by atoms with Crippen molar-refractivity contribution in [1.29, 1.82) is 0 Å². The van der Waals surface area contributed by atoms with Gasteiger partial charge in [0.1, 0.15) is 26.6 Å². The lowest BCUT2D eigenvalue weighted by atomic mass is 9.92. The molecule has 1 aliphatic rings. The Morgan fingerprint density at radius 3 is 2.47 bits per heavy atom. The smallest absolute Gasteiger partial charge is 0.268 e. The van der Waals surface area contributed by atoms with Crippen LogP contribution in [0.5, 0.6) is 17.2 Å². The van der Waals surface area contributed by atoms with Gasteiger partial charge in [0.15, 0.2) is 23.0 Å². The van der Waals surface area contributed by atoms with Crippen LogP contribution in [0.4, 0.5) is 14.5 Å². The Bertz CT molecular complexity index is 2320. The molecule has 0 saturated carbocycles. The van der Waals surface area contributed by atoms with E-state index in [2.05, 4.69) is 38.0 Å². The van der Waals surface area contributed by atoms with Crippen LogP contribution in [-0.2, 0) is 13.0 Å². The van der Waals surface area contributed by atoms with Crippen molar-refractivity contribution in [2.75, 3.05) is 12.4 Å². The molecule has 3 heterocycles. The number of pyridine rings is 2. The molecule has 0 aliphatic heterocycles. The molecular weight excluding hydrogens is 747 g/mol. The van der Waals surface area contributed by atoms with Gasteiger partial charge in [-0.1, -0.05) is 12.1 Å². The Kier molecular flexibility index (Phi) is 8.67. The zero-order valence-electron chi connectivity index (χ0n) is 25.9. The second kappa shape index (κ2) is 13.2. The first-order valence-corrected chi connectivity index (χ1v) is 16.3. The van der Waals surface area contributed by atoms with Crippen molar-refractivity contribution in [3.63, 3.8) is 0 Å². The van der Waals surface area contributed by atoms with Crippen molar-refractivity contribution in [2.24, 2.45) is 0 Å². The molecule has 6 aromatic rings. The Labute approximate surface area is 291 Å². The zero-order chi connectivity index (χ0) is 34.2. The highest BCUT2D eigenvalue weighted by Gasteiger charge is 2.27. The predicted octanol–water partition coefficient (Wildman–Crippen LogP) is 7.09. The predicted molar refractivity (Wildman–Crippen MR) is 186 cm³/mol. The number of hydrogen-bond donors (Lipinski definition) is 1. The average Bonchev–Trinajstić information content (AvgIpc) is 3.42. The second-order valence-electron chi connectivity index (χ2n) is 11.3. The number of aromatic nitrogens is 4. The standard InChI is InChI=1S/C36H26F2IN5O5/c1-48-24-12-5-20(6-13-24)19-43-34-32(33(39)42-43)31(15-16-40-34)49-30-14-9-22(17-27(30)38)41-35(46)26-18-25-28(3-2-4-29(25)45)44(36(26)47)23-10-7-21(37)8-11-23/h5-18H,2-4,19H2,1H3,(H,41,46). The lowest BCUT2D eigenvalue weighted by molar-refractivity contribution is 0.0971. The first-order chi connectivity index (χ1) is 23.7. The molecule has 1 aliphatic carbocycles. The topological polar surface area (TPSA) is 117 Å². The van der Waals surface area contributed by atoms with E-state index in [0.717, 1.165) is 17.4 Å². The number of carbonyl (C=O) groups excluding carboxylic acids is 2. The molecule has 0 saturated heterocycles. The third-order valence-corrected chi connectivity index (χ3v) is 8.96. The highest BCUT2D eigenvalue weighted by Crippen LogP contribution is 2.34. The molecule has 0 atom stereocenters. The fourth-order valence-corrected chi connectivity index (χ4v) is 6.59. The number of rotatable bonds is 8. The first-order valence-electron chi connectivity index (χ1n) is 15.2. The maximum atomic E-state index is 15.5. The van der Waals surface area contributed by atoms with Gasteiger partial charge in [-0.2, -0.15) is 5.10 Å². The number of methoxy groups -OCH3 is 1. The van der Waals surface area contributed by atoms with E-state index < -0.39 is 23.1 Å². The maximum Gasteiger partial charge on any atom is 0.268 e. The van der Waals surface area contributed by atoms with Crippen LogP contribution in [0, 0.1) is 15.3 Å². The number of hydrogen-bond acceptors (Lipinski definition) is 7. The second-order valence-corrected chi connectivity index (χ2v) is 12.3. The first kappa shape index (κ1) is 32.1. The van der Waals surface area contributed by atoms with E-state index in [9.17, 15) is 18.8 Å². The summed E-state index contributed by atoms with van der Waals surface area (Å²) in [5, 5.41) is 7.78. The Balaban J connectivity index is 1.15. The summed E-state index contributed by atoms with van der Waals surface area (Å²) in [5.74, 6) is -1.32. The fourth-order valence-electron chi connectivity index (χ4n) is 5.82. The van der Waals surface area contributed by atoms with Gasteiger partial charge in [-0.25, -0.2) is 18.4 Å². The quantitative estimate of drug-likeness (QED) is 0.164. The van der Waals surface area contributed by atoms with Gasteiger partial charge < -0.3 is 14.8 Å². The van der Waals surface area contributed by atoms with Crippen LogP contribution < -0.4 is 20.3 Å². The lowest BCUT2D eigenvalue weighted by Gasteiger charge is -2.21. The third-order valence-electron chi connectivity index (χ3n) is 8.20. The normalized spacial score (nSPS) is 12.5. The number of nitrogens with one attached hydrogen (secondary N) is 1. The van der Waals surface area contributed by atoms with Crippen molar-refractivity contribution in [2.45, 2.75) is 25.8 Å². The van der Waals surface area contributed by atoms with Gasteiger partial charge in [0, 0.05) is 47.4 Å². The van der Waals surface area contributed by atoms with Crippen molar-refractivity contribution < 1.29 is 27.8 Å².